The van der Waals surface area contributed by atoms with E-state index in [1.807, 2.05) is 0 Å². The van der Waals surface area contributed by atoms with Gasteiger partial charge in [0, 0.05) is 11.3 Å². The van der Waals surface area contributed by atoms with E-state index in [1.165, 1.54) is 19.1 Å². The van der Waals surface area contributed by atoms with Gasteiger partial charge in [0.15, 0.2) is 5.78 Å². The van der Waals surface area contributed by atoms with Gasteiger partial charge in [-0.2, -0.15) is 0 Å². The Labute approximate surface area is 141 Å². The Balaban J connectivity index is 2.04. The maximum atomic E-state index is 12.3. The van der Waals surface area contributed by atoms with Crippen molar-refractivity contribution in [1.29, 1.82) is 0 Å². The molecule has 0 unspecified atom stereocenters. The zero-order chi connectivity index (χ0) is 17.5. The molecule has 24 heavy (non-hydrogen) atoms. The third-order valence-electron chi connectivity index (χ3n) is 3.52. The number of Topliss-reactive ketones (excluding diaryl/α,β-unsaturated/α-hetero) is 1. The van der Waals surface area contributed by atoms with Crippen LogP contribution >= 0.6 is 0 Å². The Morgan fingerprint density at radius 1 is 1.12 bits per heavy atom. The summed E-state index contributed by atoms with van der Waals surface area (Å²) in [5, 5.41) is 12.3. The summed E-state index contributed by atoms with van der Waals surface area (Å²) in [7, 11) is 0. The summed E-state index contributed by atoms with van der Waals surface area (Å²) in [6.07, 6.45) is 2.05. The first-order valence-corrected chi connectivity index (χ1v) is 7.89. The van der Waals surface area contributed by atoms with Crippen molar-refractivity contribution in [2.24, 2.45) is 0 Å². The van der Waals surface area contributed by atoms with Crippen LogP contribution in [0.5, 0.6) is 11.5 Å². The van der Waals surface area contributed by atoms with Crippen LogP contribution in [0.1, 0.15) is 47.4 Å². The van der Waals surface area contributed by atoms with Gasteiger partial charge in [0.25, 0.3) is 5.91 Å². The molecule has 0 aliphatic rings. The van der Waals surface area contributed by atoms with Crippen LogP contribution in [0.25, 0.3) is 0 Å². The number of carbonyl (C=O) groups excluding carboxylic acids is 2. The first-order chi connectivity index (χ1) is 11.5. The Kier molecular flexibility index (Phi) is 5.95. The van der Waals surface area contributed by atoms with E-state index in [9.17, 15) is 14.7 Å². The molecule has 2 aromatic rings. The Morgan fingerprint density at radius 2 is 1.83 bits per heavy atom. The molecule has 0 aliphatic heterocycles. The Morgan fingerprint density at radius 3 is 2.46 bits per heavy atom. The van der Waals surface area contributed by atoms with Crippen LogP contribution in [0.3, 0.4) is 0 Å². The lowest BCUT2D eigenvalue weighted by molar-refractivity contribution is 0.100. The van der Waals surface area contributed by atoms with Crippen LogP contribution in [0.4, 0.5) is 5.69 Å². The van der Waals surface area contributed by atoms with Crippen molar-refractivity contribution in [3.8, 4) is 11.5 Å². The van der Waals surface area contributed by atoms with Crippen molar-refractivity contribution in [1.82, 2.24) is 0 Å². The standard InChI is InChI=1S/C19H21NO4/c1-3-4-11-24-16-8-5-14(6-9-16)19(23)20-15-7-10-18(22)17(12-15)13(2)21/h5-10,12,22H,3-4,11H2,1-2H3,(H,20,23). The summed E-state index contributed by atoms with van der Waals surface area (Å²) in [5.74, 6) is 0.0602. The van der Waals surface area contributed by atoms with Crippen LogP contribution in [-0.2, 0) is 0 Å². The highest BCUT2D eigenvalue weighted by Crippen LogP contribution is 2.22. The summed E-state index contributed by atoms with van der Waals surface area (Å²) >= 11 is 0. The molecule has 0 saturated carbocycles. The number of rotatable bonds is 7. The molecule has 0 atom stereocenters. The number of aromatic hydroxyl groups is 1. The van der Waals surface area contributed by atoms with Crippen LogP contribution in [0, 0.1) is 0 Å². The van der Waals surface area contributed by atoms with Gasteiger partial charge in [-0.1, -0.05) is 13.3 Å². The lowest BCUT2D eigenvalue weighted by Gasteiger charge is -2.09. The lowest BCUT2D eigenvalue weighted by Crippen LogP contribution is -2.12. The molecule has 0 fully saturated rings. The molecule has 0 heterocycles. The zero-order valence-electron chi connectivity index (χ0n) is 13.8. The van der Waals surface area contributed by atoms with Crippen molar-refractivity contribution in [2.45, 2.75) is 26.7 Å². The molecule has 5 nitrogen and oxygen atoms in total. The molecule has 5 heteroatoms. The summed E-state index contributed by atoms with van der Waals surface area (Å²) < 4.78 is 5.56. The first kappa shape index (κ1) is 17.5. The van der Waals surface area contributed by atoms with Gasteiger partial charge in [-0.3, -0.25) is 9.59 Å². The average Bonchev–Trinajstić information content (AvgIpc) is 2.57. The number of anilines is 1. The SMILES string of the molecule is CCCCOc1ccc(C(=O)Nc2ccc(O)c(C(C)=O)c2)cc1. The predicted octanol–water partition coefficient (Wildman–Crippen LogP) is 4.03. The third kappa shape index (κ3) is 4.59. The largest absolute Gasteiger partial charge is 0.507 e. The predicted molar refractivity (Wildman–Crippen MR) is 92.9 cm³/mol. The number of ketones is 1. The second-order valence-corrected chi connectivity index (χ2v) is 5.47. The van der Waals surface area contributed by atoms with Gasteiger partial charge in [-0.15, -0.1) is 0 Å². The maximum absolute atomic E-state index is 12.3. The van der Waals surface area contributed by atoms with Crippen molar-refractivity contribution >= 4 is 17.4 Å². The highest BCUT2D eigenvalue weighted by atomic mass is 16.5. The van der Waals surface area contributed by atoms with E-state index in [4.69, 9.17) is 4.74 Å². The van der Waals surface area contributed by atoms with Crippen molar-refractivity contribution in [2.75, 3.05) is 11.9 Å². The number of ether oxygens (including phenoxy) is 1. The molecule has 0 aliphatic carbocycles. The van der Waals surface area contributed by atoms with E-state index in [2.05, 4.69) is 12.2 Å². The van der Waals surface area contributed by atoms with E-state index in [0.29, 0.717) is 17.9 Å². The fourth-order valence-electron chi connectivity index (χ4n) is 2.14. The monoisotopic (exact) mass is 327 g/mol. The van der Waals surface area contributed by atoms with E-state index in [-0.39, 0.29) is 23.0 Å². The van der Waals surface area contributed by atoms with Gasteiger partial charge in [-0.05, 0) is 55.8 Å². The van der Waals surface area contributed by atoms with E-state index < -0.39 is 0 Å². The van der Waals surface area contributed by atoms with Gasteiger partial charge in [-0.25, -0.2) is 0 Å². The molecule has 1 amide bonds. The van der Waals surface area contributed by atoms with Gasteiger partial charge in [0.05, 0.1) is 12.2 Å². The molecule has 126 valence electrons. The minimum Gasteiger partial charge on any atom is -0.507 e. The van der Waals surface area contributed by atoms with E-state index >= 15 is 0 Å². The lowest BCUT2D eigenvalue weighted by atomic mass is 10.1. The number of benzene rings is 2. The van der Waals surface area contributed by atoms with Crippen LogP contribution < -0.4 is 10.1 Å². The summed E-state index contributed by atoms with van der Waals surface area (Å²) in [6, 6.07) is 11.3. The minimum absolute atomic E-state index is 0.103. The molecule has 2 N–H and O–H groups in total. The van der Waals surface area contributed by atoms with Gasteiger partial charge >= 0.3 is 0 Å². The smallest absolute Gasteiger partial charge is 0.255 e. The fraction of sp³-hybridized carbons (Fsp3) is 0.263. The number of phenols is 1. The maximum Gasteiger partial charge on any atom is 0.255 e. The molecule has 0 bridgehead atoms. The highest BCUT2D eigenvalue weighted by molar-refractivity contribution is 6.05. The quantitative estimate of drug-likeness (QED) is 0.457. The number of phenolic OH excluding ortho intramolecular Hbond substituents is 1. The highest BCUT2D eigenvalue weighted by Gasteiger charge is 2.10. The molecule has 2 aromatic carbocycles. The normalized spacial score (nSPS) is 10.2. The van der Waals surface area contributed by atoms with Gasteiger partial charge < -0.3 is 15.2 Å². The van der Waals surface area contributed by atoms with E-state index in [0.717, 1.165) is 18.6 Å². The van der Waals surface area contributed by atoms with Crippen LogP contribution in [-0.4, -0.2) is 23.4 Å². The molecule has 0 radical (unpaired) electrons. The van der Waals surface area contributed by atoms with Gasteiger partial charge in [0.2, 0.25) is 0 Å². The topological polar surface area (TPSA) is 75.6 Å². The van der Waals surface area contributed by atoms with Crippen LogP contribution in [0.15, 0.2) is 42.5 Å². The molecular weight excluding hydrogens is 306 g/mol. The second kappa shape index (κ2) is 8.15. The number of amides is 1. The number of unbranched alkanes of at least 4 members (excludes halogenated alkanes) is 1. The molecule has 0 aromatic heterocycles. The Bertz CT molecular complexity index is 723. The average molecular weight is 327 g/mol. The third-order valence-corrected chi connectivity index (χ3v) is 3.52. The summed E-state index contributed by atoms with van der Waals surface area (Å²) in [4.78, 5) is 23.7. The van der Waals surface area contributed by atoms with Crippen LogP contribution in [0.2, 0.25) is 0 Å². The van der Waals surface area contributed by atoms with Gasteiger partial charge in [0.1, 0.15) is 11.5 Å². The van der Waals surface area contributed by atoms with Crippen molar-refractivity contribution in [3.05, 3.63) is 53.6 Å². The summed E-state index contributed by atoms with van der Waals surface area (Å²) in [6.45, 7) is 4.11. The number of nitrogens with one attached hydrogen (secondary N) is 1. The van der Waals surface area contributed by atoms with Crippen molar-refractivity contribution < 1.29 is 19.4 Å². The first-order valence-electron chi connectivity index (χ1n) is 7.89. The molecule has 2 rings (SSSR count). The molecular formula is C19H21NO4. The molecule has 0 saturated heterocycles. The summed E-state index contributed by atoms with van der Waals surface area (Å²) in [5.41, 5.74) is 1.11. The molecule has 0 spiro atoms. The Hall–Kier alpha value is -2.82. The zero-order valence-corrected chi connectivity index (χ0v) is 13.8. The number of hydrogen-bond acceptors (Lipinski definition) is 4. The second-order valence-electron chi connectivity index (χ2n) is 5.47. The fourth-order valence-corrected chi connectivity index (χ4v) is 2.14. The van der Waals surface area contributed by atoms with Crippen molar-refractivity contribution in [3.63, 3.8) is 0 Å². The minimum atomic E-state index is -0.296. The van der Waals surface area contributed by atoms with E-state index in [1.54, 1.807) is 30.3 Å². The number of carbonyl (C=O) groups is 2. The number of hydrogen-bond donors (Lipinski definition) is 2.